The number of carbonyl (C=O) groups is 1. The predicted octanol–water partition coefficient (Wildman–Crippen LogP) is 6.23. The van der Waals surface area contributed by atoms with Crippen molar-refractivity contribution < 1.29 is 31.6 Å². The fraction of sp³-hybridized carbons (Fsp3) is 0.143. The highest BCUT2D eigenvalue weighted by molar-refractivity contribution is 6.39. The minimum absolute atomic E-state index is 0.00596. The molecular weight excluding hydrogens is 503 g/mol. The van der Waals surface area contributed by atoms with Gasteiger partial charge in [-0.2, -0.15) is 18.3 Å². The lowest BCUT2D eigenvalue weighted by molar-refractivity contribution is -0.142. The summed E-state index contributed by atoms with van der Waals surface area (Å²) >= 11 is 12.3. The van der Waals surface area contributed by atoms with Crippen molar-refractivity contribution in [3.63, 3.8) is 0 Å². The number of carbonyl (C=O) groups excluding carboxylic acids is 1. The first-order valence-corrected chi connectivity index (χ1v) is 10.3. The molecule has 0 radical (unpaired) electrons. The van der Waals surface area contributed by atoms with Gasteiger partial charge < -0.3 is 9.26 Å². The first-order valence-electron chi connectivity index (χ1n) is 9.51. The third kappa shape index (κ3) is 4.12. The molecule has 0 saturated carbocycles. The van der Waals surface area contributed by atoms with E-state index in [0.29, 0.717) is 4.68 Å². The molecule has 176 valence electrons. The molecule has 7 nitrogen and oxygen atoms in total. The lowest BCUT2D eigenvalue weighted by atomic mass is 10.0. The smallest absolute Gasteiger partial charge is 0.434 e. The average Bonchev–Trinajstić information content (AvgIpc) is 3.38. The lowest BCUT2D eigenvalue weighted by Gasteiger charge is -2.13. The van der Waals surface area contributed by atoms with Gasteiger partial charge in [0.1, 0.15) is 22.8 Å². The Morgan fingerprint density at radius 2 is 1.82 bits per heavy atom. The number of benzene rings is 1. The second kappa shape index (κ2) is 9.07. The fourth-order valence-corrected chi connectivity index (χ4v) is 3.81. The van der Waals surface area contributed by atoms with Crippen molar-refractivity contribution in [3.05, 3.63) is 70.0 Å². The Kier molecular flexibility index (Phi) is 6.32. The van der Waals surface area contributed by atoms with E-state index in [1.807, 2.05) is 0 Å². The Balaban J connectivity index is 2.02. The van der Waals surface area contributed by atoms with E-state index in [2.05, 4.69) is 15.2 Å². The van der Waals surface area contributed by atoms with Crippen LogP contribution in [0.3, 0.4) is 0 Å². The summed E-state index contributed by atoms with van der Waals surface area (Å²) in [6.45, 7) is 1.41. The number of para-hydroxylation sites is 1. The molecule has 3 aromatic heterocycles. The number of hydrogen-bond donors (Lipinski definition) is 0. The highest BCUT2D eigenvalue weighted by atomic mass is 35.5. The number of alkyl halides is 3. The number of hydrogen-bond acceptors (Lipinski definition) is 6. The van der Waals surface area contributed by atoms with Gasteiger partial charge in [0.05, 0.1) is 28.4 Å². The number of nitrogens with zero attached hydrogens (tertiary/aromatic N) is 4. The summed E-state index contributed by atoms with van der Waals surface area (Å²) in [7, 11) is 0. The SMILES string of the molecule is CCOC(=O)c1c(-c2c(Cl)cncc2Cl)noc1-c1cnn(-c2ccccc2F)c1C(F)(F)F. The summed E-state index contributed by atoms with van der Waals surface area (Å²) in [5.74, 6) is -2.58. The van der Waals surface area contributed by atoms with Crippen LogP contribution < -0.4 is 0 Å². The van der Waals surface area contributed by atoms with Gasteiger partial charge in [-0.3, -0.25) is 4.98 Å². The number of rotatable bonds is 5. The molecule has 4 aromatic rings. The van der Waals surface area contributed by atoms with Crippen molar-refractivity contribution in [2.45, 2.75) is 13.1 Å². The third-order valence-corrected chi connectivity index (χ3v) is 5.20. The number of ether oxygens (including phenoxy) is 1. The Hall–Kier alpha value is -3.44. The average molecular weight is 515 g/mol. The van der Waals surface area contributed by atoms with Gasteiger partial charge in [-0.05, 0) is 19.1 Å². The molecule has 0 aliphatic heterocycles. The van der Waals surface area contributed by atoms with Crippen LogP contribution in [0.5, 0.6) is 0 Å². The molecule has 0 bridgehead atoms. The van der Waals surface area contributed by atoms with Crippen LogP contribution in [-0.4, -0.2) is 32.5 Å². The summed E-state index contributed by atoms with van der Waals surface area (Å²) in [5, 5.41) is 7.40. The van der Waals surface area contributed by atoms with E-state index in [1.54, 1.807) is 0 Å². The van der Waals surface area contributed by atoms with Crippen molar-refractivity contribution in [3.8, 4) is 28.3 Å². The molecule has 0 unspecified atom stereocenters. The Morgan fingerprint density at radius 3 is 2.44 bits per heavy atom. The van der Waals surface area contributed by atoms with Crippen molar-refractivity contribution in [1.82, 2.24) is 19.9 Å². The van der Waals surface area contributed by atoms with E-state index in [0.717, 1.165) is 18.3 Å². The standard InChI is InChI=1S/C21H12Cl2F4N4O3/c1-2-33-20(32)16-17(15-11(22)8-28-9-12(15)23)30-34-18(16)10-7-29-31(19(10)21(25,26)27)14-6-4-3-5-13(14)24/h3-9H,2H2,1H3. The number of halogens is 6. The quantitative estimate of drug-likeness (QED) is 0.232. The van der Waals surface area contributed by atoms with Crippen molar-refractivity contribution in [2.24, 2.45) is 0 Å². The normalized spacial score (nSPS) is 11.6. The van der Waals surface area contributed by atoms with Gasteiger partial charge in [0.2, 0.25) is 0 Å². The molecule has 34 heavy (non-hydrogen) atoms. The predicted molar refractivity (Wildman–Crippen MR) is 113 cm³/mol. The van der Waals surface area contributed by atoms with Gasteiger partial charge in [0, 0.05) is 18.0 Å². The maximum Gasteiger partial charge on any atom is 0.434 e. The molecular formula is C21H12Cl2F4N4O3. The van der Waals surface area contributed by atoms with Crippen LogP contribution in [0, 0.1) is 5.82 Å². The Morgan fingerprint density at radius 1 is 1.15 bits per heavy atom. The van der Waals surface area contributed by atoms with Crippen LogP contribution in [0.2, 0.25) is 10.0 Å². The number of esters is 1. The molecule has 0 fully saturated rings. The van der Waals surface area contributed by atoms with Gasteiger partial charge in [0.15, 0.2) is 11.5 Å². The second-order valence-corrected chi connectivity index (χ2v) is 7.52. The van der Waals surface area contributed by atoms with E-state index < -0.39 is 46.2 Å². The highest BCUT2D eigenvalue weighted by Crippen LogP contribution is 2.44. The zero-order valence-corrected chi connectivity index (χ0v) is 18.5. The summed E-state index contributed by atoms with van der Waals surface area (Å²) in [6, 6.07) is 4.78. The van der Waals surface area contributed by atoms with Crippen LogP contribution in [0.1, 0.15) is 23.0 Å². The molecule has 0 N–H and O–H groups in total. The van der Waals surface area contributed by atoms with E-state index in [1.165, 1.54) is 31.5 Å². The molecule has 0 amide bonds. The molecule has 0 saturated heterocycles. The monoisotopic (exact) mass is 514 g/mol. The molecule has 0 atom stereocenters. The van der Waals surface area contributed by atoms with Gasteiger partial charge in [-0.25, -0.2) is 13.9 Å². The third-order valence-electron chi connectivity index (χ3n) is 4.62. The van der Waals surface area contributed by atoms with Crippen LogP contribution in [0.15, 0.2) is 47.4 Å². The molecule has 0 aliphatic rings. The topological polar surface area (TPSA) is 83.0 Å². The molecule has 4 rings (SSSR count). The Bertz CT molecular complexity index is 1360. The number of aromatic nitrogens is 4. The Labute approximate surface area is 198 Å². The van der Waals surface area contributed by atoms with E-state index >= 15 is 0 Å². The summed E-state index contributed by atoms with van der Waals surface area (Å²) in [6.07, 6.45) is -1.82. The van der Waals surface area contributed by atoms with E-state index in [4.69, 9.17) is 32.5 Å². The largest absolute Gasteiger partial charge is 0.462 e. The molecule has 0 aliphatic carbocycles. The van der Waals surface area contributed by atoms with Crippen molar-refractivity contribution >= 4 is 29.2 Å². The zero-order chi connectivity index (χ0) is 24.6. The maximum atomic E-state index is 14.3. The number of pyridine rings is 1. The fourth-order valence-electron chi connectivity index (χ4n) is 3.27. The molecule has 1 aromatic carbocycles. The van der Waals surface area contributed by atoms with Gasteiger partial charge >= 0.3 is 12.1 Å². The van der Waals surface area contributed by atoms with Gasteiger partial charge in [0.25, 0.3) is 0 Å². The first kappa shape index (κ1) is 23.7. The van der Waals surface area contributed by atoms with Crippen molar-refractivity contribution in [1.29, 1.82) is 0 Å². The van der Waals surface area contributed by atoms with Crippen LogP contribution in [0.25, 0.3) is 28.3 Å². The van der Waals surface area contributed by atoms with Crippen LogP contribution in [-0.2, 0) is 10.9 Å². The second-order valence-electron chi connectivity index (χ2n) is 6.70. The first-order chi connectivity index (χ1) is 16.1. The molecule has 3 heterocycles. The van der Waals surface area contributed by atoms with Crippen LogP contribution in [0.4, 0.5) is 17.6 Å². The minimum atomic E-state index is -5.03. The maximum absolute atomic E-state index is 14.3. The summed E-state index contributed by atoms with van der Waals surface area (Å²) in [4.78, 5) is 16.6. The van der Waals surface area contributed by atoms with E-state index in [-0.39, 0.29) is 27.9 Å². The van der Waals surface area contributed by atoms with Gasteiger partial charge in [-0.1, -0.05) is 40.5 Å². The van der Waals surface area contributed by atoms with Crippen LogP contribution >= 0.6 is 23.2 Å². The summed E-state index contributed by atoms with van der Waals surface area (Å²) in [5.41, 5.74) is -3.23. The molecule has 0 spiro atoms. The lowest BCUT2D eigenvalue weighted by Crippen LogP contribution is -2.16. The molecule has 13 heteroatoms. The highest BCUT2D eigenvalue weighted by Gasteiger charge is 2.42. The van der Waals surface area contributed by atoms with Crippen molar-refractivity contribution in [2.75, 3.05) is 6.61 Å². The van der Waals surface area contributed by atoms with E-state index in [9.17, 15) is 22.4 Å². The van der Waals surface area contributed by atoms with Gasteiger partial charge in [-0.15, -0.1) is 0 Å². The summed E-state index contributed by atoms with van der Waals surface area (Å²) < 4.78 is 67.4. The zero-order valence-electron chi connectivity index (χ0n) is 17.0. The minimum Gasteiger partial charge on any atom is -0.462 e.